The van der Waals surface area contributed by atoms with Gasteiger partial charge in [0.15, 0.2) is 0 Å². The number of hydrogen-bond acceptors (Lipinski definition) is 8. The summed E-state index contributed by atoms with van der Waals surface area (Å²) in [7, 11) is -5.36. The molecule has 0 saturated carbocycles. The molecule has 39 heavy (non-hydrogen) atoms. The molecule has 2 unspecified atom stereocenters. The Balaban J connectivity index is 3.81. The second-order valence-electron chi connectivity index (χ2n) is 12.7. The van der Waals surface area contributed by atoms with Crippen molar-refractivity contribution >= 4 is 17.2 Å². The van der Waals surface area contributed by atoms with E-state index in [1.807, 2.05) is 0 Å². The van der Waals surface area contributed by atoms with Crippen LogP contribution in [-0.2, 0) is 31.0 Å². The third kappa shape index (κ3) is 11.5. The van der Waals surface area contributed by atoms with Gasteiger partial charge in [-0.2, -0.15) is 0 Å². The average molecular weight is 593 g/mol. The zero-order valence-electron chi connectivity index (χ0n) is 25.5. The Morgan fingerprint density at radius 1 is 0.795 bits per heavy atom. The van der Waals surface area contributed by atoms with Crippen molar-refractivity contribution in [1.29, 1.82) is 0 Å². The summed E-state index contributed by atoms with van der Waals surface area (Å²) >= 11 is 0. The molecule has 8 nitrogen and oxygen atoms in total. The Morgan fingerprint density at radius 2 is 1.28 bits per heavy atom. The lowest BCUT2D eigenvalue weighted by Gasteiger charge is -2.39. The smallest absolute Gasteiger partial charge is 0.327 e. The molecule has 0 aliphatic rings. The van der Waals surface area contributed by atoms with Crippen molar-refractivity contribution in [3.63, 3.8) is 0 Å². The highest BCUT2D eigenvalue weighted by Gasteiger charge is 2.38. The van der Waals surface area contributed by atoms with E-state index in [0.29, 0.717) is 0 Å². The quantitative estimate of drug-likeness (QED) is 0.129. The van der Waals surface area contributed by atoms with Gasteiger partial charge in [0.05, 0.1) is 37.9 Å². The molecule has 0 aliphatic heterocycles. The summed E-state index contributed by atoms with van der Waals surface area (Å²) in [6, 6.07) is 4.60. The standard InChI is InChI=1S/C29H54O8P2/c1-10-13-14-22(12-3)26(35-18-29(17-30,19-36-38(31)32)20-37-39(33)34)25-23(27(4,5)6)15-21(11-2)16-24(25)28(7,8)9/h15-16,22,26,30-34H,10-14,17-20H2,1-9H3. The van der Waals surface area contributed by atoms with Crippen molar-refractivity contribution in [2.24, 2.45) is 11.3 Å². The number of ether oxygens (including phenoxy) is 1. The molecule has 0 spiro atoms. The highest BCUT2D eigenvalue weighted by atomic mass is 31.2. The molecule has 2 atom stereocenters. The average Bonchev–Trinajstić information content (AvgIpc) is 2.85. The number of unbranched alkanes of at least 4 members (excludes halogenated alkanes) is 1. The van der Waals surface area contributed by atoms with Gasteiger partial charge in [-0.1, -0.05) is 93.7 Å². The van der Waals surface area contributed by atoms with Crippen LogP contribution in [0.5, 0.6) is 0 Å². The monoisotopic (exact) mass is 592 g/mol. The minimum atomic E-state index is -2.68. The highest BCUT2D eigenvalue weighted by Crippen LogP contribution is 2.45. The molecule has 10 heteroatoms. The highest BCUT2D eigenvalue weighted by molar-refractivity contribution is 7.39. The van der Waals surface area contributed by atoms with Crippen LogP contribution < -0.4 is 0 Å². The first-order valence-electron chi connectivity index (χ1n) is 14.1. The van der Waals surface area contributed by atoms with Crippen LogP contribution in [0.2, 0.25) is 0 Å². The number of aliphatic hydroxyl groups is 1. The minimum absolute atomic E-state index is 0.0359. The van der Waals surface area contributed by atoms with E-state index in [9.17, 15) is 24.7 Å². The van der Waals surface area contributed by atoms with Crippen molar-refractivity contribution in [2.45, 2.75) is 111 Å². The normalized spacial score (nSPS) is 14.9. The van der Waals surface area contributed by atoms with Crippen LogP contribution in [0.4, 0.5) is 0 Å². The Labute approximate surface area is 239 Å². The first-order chi connectivity index (χ1) is 18.0. The summed E-state index contributed by atoms with van der Waals surface area (Å²) in [5.41, 5.74) is 3.37. The molecular formula is C29H54O8P2. The minimum Gasteiger partial charge on any atom is -0.396 e. The van der Waals surface area contributed by atoms with Gasteiger partial charge in [0, 0.05) is 0 Å². The molecule has 0 radical (unpaired) electrons. The molecule has 0 heterocycles. The molecular weight excluding hydrogens is 538 g/mol. The predicted molar refractivity (Wildman–Crippen MR) is 159 cm³/mol. The van der Waals surface area contributed by atoms with Gasteiger partial charge < -0.3 is 38.5 Å². The summed E-state index contributed by atoms with van der Waals surface area (Å²) in [6.45, 7) is 18.8. The summed E-state index contributed by atoms with van der Waals surface area (Å²) in [4.78, 5) is 37.6. The van der Waals surface area contributed by atoms with Crippen LogP contribution >= 0.6 is 17.2 Å². The lowest BCUT2D eigenvalue weighted by Crippen LogP contribution is -2.41. The first-order valence-corrected chi connectivity index (χ1v) is 16.4. The Hall–Kier alpha value is -0.240. The number of aryl methyl sites for hydroxylation is 1. The van der Waals surface area contributed by atoms with Crippen molar-refractivity contribution in [1.82, 2.24) is 0 Å². The molecule has 0 aliphatic carbocycles. The Bertz CT molecular complexity index is 802. The fraction of sp³-hybridized carbons (Fsp3) is 0.793. The van der Waals surface area contributed by atoms with Gasteiger partial charge in [-0.15, -0.1) is 0 Å². The van der Waals surface area contributed by atoms with Crippen LogP contribution in [0.15, 0.2) is 12.1 Å². The zero-order valence-corrected chi connectivity index (χ0v) is 27.3. The van der Waals surface area contributed by atoms with E-state index >= 15 is 0 Å². The Kier molecular flexibility index (Phi) is 15.5. The number of rotatable bonds is 17. The van der Waals surface area contributed by atoms with Gasteiger partial charge >= 0.3 is 17.2 Å². The van der Waals surface area contributed by atoms with E-state index in [0.717, 1.165) is 32.1 Å². The largest absolute Gasteiger partial charge is 0.396 e. The van der Waals surface area contributed by atoms with Crippen molar-refractivity contribution in [3.8, 4) is 0 Å². The lowest BCUT2D eigenvalue weighted by atomic mass is 9.71. The summed E-state index contributed by atoms with van der Waals surface area (Å²) in [6.07, 6.45) is 4.59. The molecule has 1 aromatic rings. The van der Waals surface area contributed by atoms with Crippen LogP contribution in [0.1, 0.15) is 116 Å². The summed E-state index contributed by atoms with van der Waals surface area (Å²) < 4.78 is 17.0. The van der Waals surface area contributed by atoms with E-state index in [2.05, 4.69) is 74.4 Å². The third-order valence-corrected chi connectivity index (χ3v) is 8.03. The van der Waals surface area contributed by atoms with E-state index < -0.39 is 29.2 Å². The summed E-state index contributed by atoms with van der Waals surface area (Å²) in [5, 5.41) is 10.4. The fourth-order valence-corrected chi connectivity index (χ4v) is 5.65. The Morgan fingerprint density at radius 3 is 1.62 bits per heavy atom. The zero-order chi connectivity index (χ0) is 30.0. The van der Waals surface area contributed by atoms with Crippen LogP contribution in [-0.4, -0.2) is 51.1 Å². The van der Waals surface area contributed by atoms with Crippen LogP contribution in [0.25, 0.3) is 0 Å². The molecule has 1 aromatic carbocycles. The van der Waals surface area contributed by atoms with E-state index in [-0.39, 0.29) is 42.7 Å². The van der Waals surface area contributed by atoms with E-state index in [4.69, 9.17) is 13.8 Å². The second kappa shape index (κ2) is 16.4. The predicted octanol–water partition coefficient (Wildman–Crippen LogP) is 6.55. The van der Waals surface area contributed by atoms with Gasteiger partial charge in [0.25, 0.3) is 0 Å². The van der Waals surface area contributed by atoms with Gasteiger partial charge in [-0.25, -0.2) is 0 Å². The van der Waals surface area contributed by atoms with E-state index in [1.54, 1.807) is 0 Å². The van der Waals surface area contributed by atoms with Gasteiger partial charge in [0.2, 0.25) is 0 Å². The molecule has 0 fully saturated rings. The van der Waals surface area contributed by atoms with Gasteiger partial charge in [-0.05, 0) is 51.8 Å². The number of hydrogen-bond donors (Lipinski definition) is 5. The van der Waals surface area contributed by atoms with Crippen molar-refractivity contribution in [3.05, 3.63) is 34.4 Å². The maximum absolute atomic E-state index is 10.4. The topological polar surface area (TPSA) is 129 Å². The SMILES string of the molecule is CCCCC(CC)C(OCC(CO)(COP(O)O)COP(O)O)c1c(C(C)(C)C)cc(CC)cc1C(C)(C)C. The maximum atomic E-state index is 10.4. The van der Waals surface area contributed by atoms with E-state index in [1.165, 1.54) is 22.3 Å². The van der Waals surface area contributed by atoms with Crippen molar-refractivity contribution in [2.75, 3.05) is 26.4 Å². The molecule has 0 saturated heterocycles. The molecule has 0 aromatic heterocycles. The van der Waals surface area contributed by atoms with Crippen molar-refractivity contribution < 1.29 is 38.5 Å². The summed E-state index contributed by atoms with van der Waals surface area (Å²) in [5.74, 6) is 0.193. The molecule has 0 amide bonds. The number of aliphatic hydroxyl groups excluding tert-OH is 1. The van der Waals surface area contributed by atoms with Gasteiger partial charge in [-0.3, -0.25) is 0 Å². The molecule has 1 rings (SSSR count). The van der Waals surface area contributed by atoms with Gasteiger partial charge in [0.1, 0.15) is 0 Å². The third-order valence-electron chi connectivity index (χ3n) is 7.31. The maximum Gasteiger partial charge on any atom is 0.327 e. The molecule has 5 N–H and O–H groups in total. The molecule has 228 valence electrons. The molecule has 0 bridgehead atoms. The second-order valence-corrected chi connectivity index (χ2v) is 14.2. The fourth-order valence-electron chi connectivity index (χ4n) is 4.87. The first kappa shape index (κ1) is 36.8. The van der Waals surface area contributed by atoms with Crippen LogP contribution in [0, 0.1) is 11.3 Å². The number of benzene rings is 1. The van der Waals surface area contributed by atoms with Crippen LogP contribution in [0.3, 0.4) is 0 Å². The lowest BCUT2D eigenvalue weighted by molar-refractivity contribution is -0.0906.